The molecule has 0 aromatic rings. The monoisotopic (exact) mass is 223 g/mol. The lowest BCUT2D eigenvalue weighted by Crippen LogP contribution is -2.34. The number of hydrogen-bond donors (Lipinski definition) is 0. The van der Waals surface area contributed by atoms with E-state index in [1.807, 2.05) is 0 Å². The largest absolute Gasteiger partial charge is 0.309 e. The van der Waals surface area contributed by atoms with Gasteiger partial charge in [-0.15, -0.1) is 0 Å². The molecular weight excluding hydrogens is 198 g/mol. The van der Waals surface area contributed by atoms with Gasteiger partial charge < -0.3 is 4.90 Å². The number of carbonyl (C=O) groups is 1. The SMILES string of the molecule is CN(C)CC[C@@H]1C(=O)[C@]2(C)CC[C@H]1C2(C)C. The van der Waals surface area contributed by atoms with Crippen molar-refractivity contribution in [3.05, 3.63) is 0 Å². The summed E-state index contributed by atoms with van der Waals surface area (Å²) in [6.07, 6.45) is 3.42. The molecule has 0 amide bonds. The fraction of sp³-hybridized carbons (Fsp3) is 0.929. The maximum Gasteiger partial charge on any atom is 0.142 e. The lowest BCUT2D eigenvalue weighted by Gasteiger charge is -2.32. The molecule has 2 nitrogen and oxygen atoms in total. The van der Waals surface area contributed by atoms with Gasteiger partial charge in [-0.3, -0.25) is 4.79 Å². The first-order valence-electron chi connectivity index (χ1n) is 6.50. The van der Waals surface area contributed by atoms with Crippen molar-refractivity contribution < 1.29 is 4.79 Å². The maximum atomic E-state index is 12.5. The smallest absolute Gasteiger partial charge is 0.142 e. The zero-order valence-corrected chi connectivity index (χ0v) is 11.3. The van der Waals surface area contributed by atoms with E-state index in [1.54, 1.807) is 0 Å². The van der Waals surface area contributed by atoms with Crippen molar-refractivity contribution in [2.45, 2.75) is 40.0 Å². The van der Waals surface area contributed by atoms with Crippen LogP contribution in [0.4, 0.5) is 0 Å². The number of nitrogens with zero attached hydrogens (tertiary/aromatic N) is 1. The van der Waals surface area contributed by atoms with Crippen molar-refractivity contribution in [3.8, 4) is 0 Å². The fourth-order valence-electron chi connectivity index (χ4n) is 4.00. The Bertz CT molecular complexity index is 308. The Labute approximate surface area is 99.4 Å². The molecule has 2 saturated carbocycles. The van der Waals surface area contributed by atoms with E-state index in [4.69, 9.17) is 0 Å². The molecule has 2 fully saturated rings. The molecule has 0 heterocycles. The van der Waals surface area contributed by atoms with Gasteiger partial charge in [-0.25, -0.2) is 0 Å². The molecule has 0 spiro atoms. The predicted molar refractivity (Wildman–Crippen MR) is 66.3 cm³/mol. The molecule has 0 N–H and O–H groups in total. The molecule has 2 aliphatic rings. The molecule has 2 rings (SSSR count). The molecule has 0 radical (unpaired) electrons. The normalized spacial score (nSPS) is 41.0. The first-order valence-corrected chi connectivity index (χ1v) is 6.50. The van der Waals surface area contributed by atoms with E-state index in [2.05, 4.69) is 39.8 Å². The highest BCUT2D eigenvalue weighted by Crippen LogP contribution is 2.66. The Morgan fingerprint density at radius 1 is 1.31 bits per heavy atom. The predicted octanol–water partition coefficient (Wildman–Crippen LogP) is 2.58. The van der Waals surface area contributed by atoms with E-state index in [0.717, 1.165) is 19.4 Å². The molecule has 0 saturated heterocycles. The highest BCUT2D eigenvalue weighted by atomic mass is 16.1. The van der Waals surface area contributed by atoms with Gasteiger partial charge >= 0.3 is 0 Å². The number of rotatable bonds is 3. The minimum absolute atomic E-state index is 0.0331. The van der Waals surface area contributed by atoms with Crippen LogP contribution < -0.4 is 0 Å². The van der Waals surface area contributed by atoms with Crippen molar-refractivity contribution in [1.82, 2.24) is 4.90 Å². The van der Waals surface area contributed by atoms with Gasteiger partial charge in [-0.2, -0.15) is 0 Å². The fourth-order valence-corrected chi connectivity index (χ4v) is 4.00. The zero-order chi connectivity index (χ0) is 12.1. The van der Waals surface area contributed by atoms with E-state index in [9.17, 15) is 4.79 Å². The Kier molecular flexibility index (Phi) is 2.69. The average Bonchev–Trinajstić information content (AvgIpc) is 2.47. The van der Waals surface area contributed by atoms with Gasteiger partial charge in [0, 0.05) is 11.3 Å². The Morgan fingerprint density at radius 2 is 1.94 bits per heavy atom. The molecule has 2 heteroatoms. The van der Waals surface area contributed by atoms with Crippen molar-refractivity contribution in [2.24, 2.45) is 22.7 Å². The highest BCUT2D eigenvalue weighted by molar-refractivity contribution is 5.91. The average molecular weight is 223 g/mol. The summed E-state index contributed by atoms with van der Waals surface area (Å²) < 4.78 is 0. The number of carbonyl (C=O) groups excluding carboxylic acids is 1. The third-order valence-corrected chi connectivity index (χ3v) is 5.56. The second-order valence-corrected chi connectivity index (χ2v) is 6.76. The van der Waals surface area contributed by atoms with Gasteiger partial charge in [0.1, 0.15) is 5.78 Å². The van der Waals surface area contributed by atoms with Crippen LogP contribution in [0.3, 0.4) is 0 Å². The zero-order valence-electron chi connectivity index (χ0n) is 11.3. The molecule has 2 aliphatic carbocycles. The third kappa shape index (κ3) is 1.38. The number of Topliss-reactive ketones (excluding diaryl/α,β-unsaturated/α-hetero) is 1. The Balaban J connectivity index is 2.17. The molecule has 16 heavy (non-hydrogen) atoms. The van der Waals surface area contributed by atoms with Crippen LogP contribution in [0.15, 0.2) is 0 Å². The van der Waals surface area contributed by atoms with Crippen LogP contribution in [0.5, 0.6) is 0 Å². The minimum atomic E-state index is -0.0331. The van der Waals surface area contributed by atoms with Crippen molar-refractivity contribution in [3.63, 3.8) is 0 Å². The summed E-state index contributed by atoms with van der Waals surface area (Å²) >= 11 is 0. The third-order valence-electron chi connectivity index (χ3n) is 5.56. The van der Waals surface area contributed by atoms with E-state index in [-0.39, 0.29) is 10.8 Å². The van der Waals surface area contributed by atoms with Crippen LogP contribution in [0.1, 0.15) is 40.0 Å². The van der Waals surface area contributed by atoms with Crippen LogP contribution in [0.2, 0.25) is 0 Å². The molecule has 2 bridgehead atoms. The van der Waals surface area contributed by atoms with Gasteiger partial charge in [0.05, 0.1) is 0 Å². The summed E-state index contributed by atoms with van der Waals surface area (Å²) in [5, 5.41) is 0. The number of ketones is 1. The highest BCUT2D eigenvalue weighted by Gasteiger charge is 2.65. The second kappa shape index (κ2) is 3.56. The summed E-state index contributed by atoms with van der Waals surface area (Å²) in [6.45, 7) is 7.85. The minimum Gasteiger partial charge on any atom is -0.309 e. The quantitative estimate of drug-likeness (QED) is 0.733. The van der Waals surface area contributed by atoms with E-state index >= 15 is 0 Å². The lowest BCUT2D eigenvalue weighted by molar-refractivity contribution is -0.131. The topological polar surface area (TPSA) is 20.3 Å². The Hall–Kier alpha value is -0.370. The van der Waals surface area contributed by atoms with E-state index in [0.29, 0.717) is 17.6 Å². The number of hydrogen-bond acceptors (Lipinski definition) is 2. The molecule has 0 aromatic heterocycles. The van der Waals surface area contributed by atoms with Crippen LogP contribution in [-0.4, -0.2) is 31.3 Å². The van der Waals surface area contributed by atoms with Gasteiger partial charge in [-0.1, -0.05) is 20.8 Å². The van der Waals surface area contributed by atoms with E-state index in [1.165, 1.54) is 6.42 Å². The molecule has 0 unspecified atom stereocenters. The van der Waals surface area contributed by atoms with Gasteiger partial charge in [0.2, 0.25) is 0 Å². The van der Waals surface area contributed by atoms with Crippen LogP contribution >= 0.6 is 0 Å². The van der Waals surface area contributed by atoms with Gasteiger partial charge in [0.25, 0.3) is 0 Å². The van der Waals surface area contributed by atoms with E-state index < -0.39 is 0 Å². The van der Waals surface area contributed by atoms with Gasteiger partial charge in [0.15, 0.2) is 0 Å². The second-order valence-electron chi connectivity index (χ2n) is 6.76. The lowest BCUT2D eigenvalue weighted by atomic mass is 9.70. The van der Waals surface area contributed by atoms with Crippen molar-refractivity contribution >= 4 is 5.78 Å². The number of fused-ring (bicyclic) bond motifs is 2. The first-order chi connectivity index (χ1) is 7.30. The summed E-state index contributed by atoms with van der Waals surface area (Å²) in [4.78, 5) is 14.7. The molecule has 92 valence electrons. The summed E-state index contributed by atoms with van der Waals surface area (Å²) in [7, 11) is 4.18. The molecule has 3 atom stereocenters. The van der Waals surface area contributed by atoms with Crippen molar-refractivity contribution in [1.29, 1.82) is 0 Å². The van der Waals surface area contributed by atoms with Crippen molar-refractivity contribution in [2.75, 3.05) is 20.6 Å². The summed E-state index contributed by atoms with van der Waals surface area (Å²) in [5.41, 5.74) is 0.190. The van der Waals surface area contributed by atoms with Crippen LogP contribution in [0.25, 0.3) is 0 Å². The molecular formula is C14H25NO. The maximum absolute atomic E-state index is 12.5. The molecule has 0 aliphatic heterocycles. The van der Waals surface area contributed by atoms with Crippen LogP contribution in [-0.2, 0) is 4.79 Å². The van der Waals surface area contributed by atoms with Crippen LogP contribution in [0, 0.1) is 22.7 Å². The van der Waals surface area contributed by atoms with Gasteiger partial charge in [-0.05, 0) is 51.2 Å². The summed E-state index contributed by atoms with van der Waals surface area (Å²) in [5.74, 6) is 1.51. The molecule has 0 aromatic carbocycles. The standard InChI is InChI=1S/C14H25NO/c1-13(2)11-6-8-14(13,3)12(16)10(11)7-9-15(4)5/h10-11H,6-9H2,1-5H3/t10-,11+,14-/m0/s1. The summed E-state index contributed by atoms with van der Waals surface area (Å²) in [6, 6.07) is 0. The Morgan fingerprint density at radius 3 is 2.38 bits per heavy atom. The first kappa shape index (κ1) is 12.1.